The Kier molecular flexibility index (Phi) is 4.25. The van der Waals surface area contributed by atoms with Gasteiger partial charge in [-0.15, -0.1) is 0 Å². The first kappa shape index (κ1) is 14.1. The fraction of sp³-hybridized carbons (Fsp3) is 0.471. The van der Waals surface area contributed by atoms with E-state index in [-0.39, 0.29) is 5.91 Å². The summed E-state index contributed by atoms with van der Waals surface area (Å²) in [5.41, 5.74) is 1.76. The van der Waals surface area contributed by atoms with E-state index in [2.05, 4.69) is 22.1 Å². The molecule has 0 spiro atoms. The van der Waals surface area contributed by atoms with E-state index in [0.717, 1.165) is 42.6 Å². The monoisotopic (exact) mass is 285 g/mol. The van der Waals surface area contributed by atoms with Crippen LogP contribution in [0.3, 0.4) is 0 Å². The number of aromatic nitrogens is 1. The summed E-state index contributed by atoms with van der Waals surface area (Å²) >= 11 is 0. The van der Waals surface area contributed by atoms with Crippen molar-refractivity contribution in [2.24, 2.45) is 5.92 Å². The van der Waals surface area contributed by atoms with Crippen LogP contribution in [0.15, 0.2) is 30.5 Å². The minimum absolute atomic E-state index is 0.0328. The van der Waals surface area contributed by atoms with Crippen molar-refractivity contribution in [1.29, 1.82) is 0 Å². The minimum atomic E-state index is 0.0328. The van der Waals surface area contributed by atoms with E-state index in [1.165, 1.54) is 12.8 Å². The average Bonchev–Trinajstić information content (AvgIpc) is 2.97. The highest BCUT2D eigenvalue weighted by atomic mass is 16.1. The first-order valence-electron chi connectivity index (χ1n) is 7.84. The second-order valence-electron chi connectivity index (χ2n) is 5.84. The van der Waals surface area contributed by atoms with Crippen molar-refractivity contribution >= 4 is 16.8 Å². The number of para-hydroxylation sites is 1. The van der Waals surface area contributed by atoms with Crippen LogP contribution in [-0.4, -0.2) is 42.0 Å². The number of carbonyl (C=O) groups is 1. The van der Waals surface area contributed by atoms with Crippen LogP contribution >= 0.6 is 0 Å². The third kappa shape index (κ3) is 3.10. The minimum Gasteiger partial charge on any atom is -0.360 e. The number of rotatable bonds is 4. The molecule has 1 aromatic heterocycles. The lowest BCUT2D eigenvalue weighted by molar-refractivity contribution is 0.0938. The van der Waals surface area contributed by atoms with Gasteiger partial charge in [0, 0.05) is 23.6 Å². The van der Waals surface area contributed by atoms with Gasteiger partial charge in [-0.1, -0.05) is 25.1 Å². The van der Waals surface area contributed by atoms with Crippen LogP contribution in [0, 0.1) is 5.92 Å². The van der Waals surface area contributed by atoms with Crippen LogP contribution in [0.1, 0.15) is 30.1 Å². The molecule has 1 aliphatic rings. The molecule has 0 radical (unpaired) electrons. The summed E-state index contributed by atoms with van der Waals surface area (Å²) in [7, 11) is 0. The van der Waals surface area contributed by atoms with Gasteiger partial charge in [0.15, 0.2) is 0 Å². The van der Waals surface area contributed by atoms with Gasteiger partial charge in [-0.3, -0.25) is 4.79 Å². The third-order valence-corrected chi connectivity index (χ3v) is 4.54. The van der Waals surface area contributed by atoms with Crippen LogP contribution in [0.4, 0.5) is 0 Å². The molecule has 0 unspecified atom stereocenters. The van der Waals surface area contributed by atoms with Gasteiger partial charge in [0.05, 0.1) is 5.56 Å². The maximum Gasteiger partial charge on any atom is 0.253 e. The normalized spacial score (nSPS) is 17.2. The fourth-order valence-electron chi connectivity index (χ4n) is 3.10. The van der Waals surface area contributed by atoms with Gasteiger partial charge >= 0.3 is 0 Å². The van der Waals surface area contributed by atoms with Gasteiger partial charge in [-0.25, -0.2) is 0 Å². The molecule has 3 rings (SSSR count). The van der Waals surface area contributed by atoms with E-state index in [1.807, 2.05) is 24.3 Å². The highest BCUT2D eigenvalue weighted by Gasteiger charge is 2.19. The van der Waals surface area contributed by atoms with Crippen molar-refractivity contribution in [3.63, 3.8) is 0 Å². The van der Waals surface area contributed by atoms with Crippen LogP contribution in [0.2, 0.25) is 0 Å². The number of amides is 1. The Balaban J connectivity index is 1.57. The molecule has 112 valence electrons. The van der Waals surface area contributed by atoms with Crippen molar-refractivity contribution < 1.29 is 4.79 Å². The lowest BCUT2D eigenvalue weighted by Gasteiger charge is -2.31. The molecule has 21 heavy (non-hydrogen) atoms. The molecule has 1 aromatic carbocycles. The molecule has 2 aromatic rings. The van der Waals surface area contributed by atoms with E-state index >= 15 is 0 Å². The number of hydrogen-bond acceptors (Lipinski definition) is 2. The lowest BCUT2D eigenvalue weighted by Crippen LogP contribution is -2.38. The van der Waals surface area contributed by atoms with Crippen molar-refractivity contribution in [2.45, 2.75) is 19.8 Å². The number of likely N-dealkylation sites (tertiary alicyclic amines) is 1. The molecular formula is C17H23N3O. The van der Waals surface area contributed by atoms with Crippen LogP contribution in [0.25, 0.3) is 10.9 Å². The Morgan fingerprint density at radius 2 is 2.10 bits per heavy atom. The fourth-order valence-corrected chi connectivity index (χ4v) is 3.10. The smallest absolute Gasteiger partial charge is 0.253 e. The van der Waals surface area contributed by atoms with Crippen LogP contribution in [-0.2, 0) is 0 Å². The molecule has 4 nitrogen and oxygen atoms in total. The van der Waals surface area contributed by atoms with Gasteiger partial charge in [-0.2, -0.15) is 0 Å². The van der Waals surface area contributed by atoms with Gasteiger partial charge < -0.3 is 15.2 Å². The molecule has 1 fully saturated rings. The number of H-pyrrole nitrogens is 1. The molecule has 0 bridgehead atoms. The van der Waals surface area contributed by atoms with Crippen LogP contribution in [0.5, 0.6) is 0 Å². The van der Waals surface area contributed by atoms with Gasteiger partial charge in [-0.05, 0) is 44.5 Å². The number of nitrogens with one attached hydrogen (secondary N) is 2. The number of piperidine rings is 1. The second-order valence-corrected chi connectivity index (χ2v) is 5.84. The Morgan fingerprint density at radius 3 is 2.86 bits per heavy atom. The number of fused-ring (bicyclic) bond motifs is 1. The first-order chi connectivity index (χ1) is 10.3. The largest absolute Gasteiger partial charge is 0.360 e. The topological polar surface area (TPSA) is 48.1 Å². The van der Waals surface area contributed by atoms with Gasteiger partial charge in [0.2, 0.25) is 0 Å². The van der Waals surface area contributed by atoms with Crippen LogP contribution < -0.4 is 5.32 Å². The highest BCUT2D eigenvalue weighted by molar-refractivity contribution is 6.06. The Bertz CT molecular complexity index is 611. The lowest BCUT2D eigenvalue weighted by atomic mass is 9.96. The molecule has 2 N–H and O–H groups in total. The molecule has 1 aliphatic heterocycles. The van der Waals surface area contributed by atoms with E-state index in [0.29, 0.717) is 5.92 Å². The SMILES string of the molecule is CCN1CCC(CNC(=O)c2c[nH]c3ccccc23)CC1. The average molecular weight is 285 g/mol. The molecule has 2 heterocycles. The highest BCUT2D eigenvalue weighted by Crippen LogP contribution is 2.19. The molecule has 0 saturated carbocycles. The second kappa shape index (κ2) is 6.31. The van der Waals surface area contributed by atoms with Gasteiger partial charge in [0.1, 0.15) is 0 Å². The Labute approximate surface area is 125 Å². The van der Waals surface area contributed by atoms with E-state index in [4.69, 9.17) is 0 Å². The van der Waals surface area contributed by atoms with E-state index < -0.39 is 0 Å². The molecule has 1 saturated heterocycles. The molecule has 0 aliphatic carbocycles. The predicted octanol–water partition coefficient (Wildman–Crippen LogP) is 2.63. The maximum absolute atomic E-state index is 12.3. The summed E-state index contributed by atoms with van der Waals surface area (Å²) in [5, 5.41) is 4.10. The molecule has 4 heteroatoms. The summed E-state index contributed by atoms with van der Waals surface area (Å²) < 4.78 is 0. The quantitative estimate of drug-likeness (QED) is 0.907. The molecule has 0 atom stereocenters. The summed E-state index contributed by atoms with van der Waals surface area (Å²) in [6.07, 6.45) is 4.17. The first-order valence-corrected chi connectivity index (χ1v) is 7.84. The van der Waals surface area contributed by atoms with E-state index in [9.17, 15) is 4.79 Å². The number of hydrogen-bond donors (Lipinski definition) is 2. The number of benzene rings is 1. The summed E-state index contributed by atoms with van der Waals surface area (Å²) in [6, 6.07) is 7.92. The van der Waals surface area contributed by atoms with E-state index in [1.54, 1.807) is 6.20 Å². The zero-order chi connectivity index (χ0) is 14.7. The maximum atomic E-state index is 12.3. The standard InChI is InChI=1S/C17H23N3O/c1-2-20-9-7-13(8-10-20)11-19-17(21)15-12-18-16-6-4-3-5-14(15)16/h3-6,12-13,18H,2,7-11H2,1H3,(H,19,21). The van der Waals surface area contributed by atoms with Crippen molar-refractivity contribution in [3.8, 4) is 0 Å². The van der Waals surface area contributed by atoms with Crippen molar-refractivity contribution in [2.75, 3.05) is 26.2 Å². The zero-order valence-corrected chi connectivity index (χ0v) is 12.6. The summed E-state index contributed by atoms with van der Waals surface area (Å²) in [4.78, 5) is 18.0. The summed E-state index contributed by atoms with van der Waals surface area (Å²) in [5.74, 6) is 0.646. The van der Waals surface area contributed by atoms with Gasteiger partial charge in [0.25, 0.3) is 5.91 Å². The zero-order valence-electron chi connectivity index (χ0n) is 12.6. The molecule has 1 amide bonds. The number of carbonyl (C=O) groups excluding carboxylic acids is 1. The van der Waals surface area contributed by atoms with Crippen molar-refractivity contribution in [1.82, 2.24) is 15.2 Å². The summed E-state index contributed by atoms with van der Waals surface area (Å²) in [6.45, 7) is 6.44. The predicted molar refractivity (Wildman–Crippen MR) is 85.5 cm³/mol. The Hall–Kier alpha value is -1.81. The Morgan fingerprint density at radius 1 is 1.33 bits per heavy atom. The third-order valence-electron chi connectivity index (χ3n) is 4.54. The number of aromatic amines is 1. The number of nitrogens with zero attached hydrogens (tertiary/aromatic N) is 1. The van der Waals surface area contributed by atoms with Crippen molar-refractivity contribution in [3.05, 3.63) is 36.0 Å². The molecular weight excluding hydrogens is 262 g/mol.